The lowest BCUT2D eigenvalue weighted by Crippen LogP contribution is -2.59. The molecule has 0 radical (unpaired) electrons. The van der Waals surface area contributed by atoms with Crippen molar-refractivity contribution in [1.82, 2.24) is 14.7 Å². The summed E-state index contributed by atoms with van der Waals surface area (Å²) >= 11 is 0. The van der Waals surface area contributed by atoms with Crippen LogP contribution in [-0.2, 0) is 9.53 Å². The number of hydrogen-bond acceptors (Lipinski definition) is 5. The summed E-state index contributed by atoms with van der Waals surface area (Å²) in [5.74, 6) is 0.479. The van der Waals surface area contributed by atoms with E-state index in [9.17, 15) is 9.59 Å². The van der Waals surface area contributed by atoms with Crippen LogP contribution in [0, 0.1) is 0 Å². The fourth-order valence-corrected chi connectivity index (χ4v) is 4.89. The minimum Gasteiger partial charge on any atom is -0.484 e. The SMILES string of the molecule is CC1CN(C(=O)C(C)N2CC3(CCN(C)CC3)Oc3ccccc3C2=O)CC(C)O1. The molecule has 2 fully saturated rings. The van der Waals surface area contributed by atoms with Gasteiger partial charge in [-0.1, -0.05) is 12.1 Å². The molecule has 3 aliphatic rings. The van der Waals surface area contributed by atoms with Crippen molar-refractivity contribution in [2.45, 2.75) is 57.5 Å². The van der Waals surface area contributed by atoms with E-state index < -0.39 is 11.6 Å². The van der Waals surface area contributed by atoms with E-state index in [-0.39, 0.29) is 24.0 Å². The molecule has 2 saturated heterocycles. The van der Waals surface area contributed by atoms with E-state index in [1.807, 2.05) is 43.9 Å². The lowest BCUT2D eigenvalue weighted by Gasteiger charge is -2.43. The van der Waals surface area contributed by atoms with Crippen LogP contribution < -0.4 is 4.74 Å². The van der Waals surface area contributed by atoms with Gasteiger partial charge in [-0.15, -0.1) is 0 Å². The number of carbonyl (C=O) groups is 2. The van der Waals surface area contributed by atoms with Crippen molar-refractivity contribution < 1.29 is 19.1 Å². The molecule has 7 heteroatoms. The minimum atomic E-state index is -0.554. The van der Waals surface area contributed by atoms with Crippen molar-refractivity contribution in [3.05, 3.63) is 29.8 Å². The van der Waals surface area contributed by atoms with Gasteiger partial charge < -0.3 is 24.2 Å². The minimum absolute atomic E-state index is 0.00554. The highest BCUT2D eigenvalue weighted by Crippen LogP contribution is 2.36. The van der Waals surface area contributed by atoms with Crippen LogP contribution in [0.5, 0.6) is 5.75 Å². The normalized spacial score (nSPS) is 27.9. The first kappa shape index (κ1) is 21.1. The Morgan fingerprint density at radius 1 is 1.13 bits per heavy atom. The summed E-state index contributed by atoms with van der Waals surface area (Å²) in [4.78, 5) is 32.8. The highest BCUT2D eigenvalue weighted by molar-refractivity contribution is 6.00. The van der Waals surface area contributed by atoms with Gasteiger partial charge in [-0.05, 0) is 40.0 Å². The zero-order chi connectivity index (χ0) is 21.5. The molecule has 2 amide bonds. The van der Waals surface area contributed by atoms with Gasteiger partial charge in [0.15, 0.2) is 0 Å². The molecule has 1 spiro atoms. The van der Waals surface area contributed by atoms with Crippen molar-refractivity contribution in [1.29, 1.82) is 0 Å². The summed E-state index contributed by atoms with van der Waals surface area (Å²) in [6, 6.07) is 6.86. The van der Waals surface area contributed by atoms with Crippen LogP contribution in [0.3, 0.4) is 0 Å². The van der Waals surface area contributed by atoms with E-state index in [0.717, 1.165) is 25.9 Å². The van der Waals surface area contributed by atoms with E-state index in [1.54, 1.807) is 11.0 Å². The number of amides is 2. The molecule has 3 unspecified atom stereocenters. The fourth-order valence-electron chi connectivity index (χ4n) is 4.89. The maximum Gasteiger partial charge on any atom is 0.258 e. The summed E-state index contributed by atoms with van der Waals surface area (Å²) in [7, 11) is 2.10. The van der Waals surface area contributed by atoms with Crippen LogP contribution >= 0.6 is 0 Å². The molecular weight excluding hydrogens is 382 g/mol. The zero-order valence-electron chi connectivity index (χ0n) is 18.5. The molecule has 0 N–H and O–H groups in total. The average molecular weight is 416 g/mol. The Balaban J connectivity index is 1.63. The number of fused-ring (bicyclic) bond motifs is 1. The van der Waals surface area contributed by atoms with Crippen molar-refractivity contribution >= 4 is 11.8 Å². The first-order valence-electron chi connectivity index (χ1n) is 11.0. The maximum absolute atomic E-state index is 13.5. The Labute approximate surface area is 178 Å². The highest BCUT2D eigenvalue weighted by atomic mass is 16.5. The van der Waals surface area contributed by atoms with Crippen molar-refractivity contribution in [3.63, 3.8) is 0 Å². The molecule has 3 aliphatic heterocycles. The van der Waals surface area contributed by atoms with Gasteiger partial charge in [0.1, 0.15) is 17.4 Å². The number of morpholine rings is 1. The van der Waals surface area contributed by atoms with Crippen LogP contribution in [0.1, 0.15) is 44.0 Å². The van der Waals surface area contributed by atoms with Gasteiger partial charge in [-0.2, -0.15) is 0 Å². The molecule has 0 saturated carbocycles. The van der Waals surface area contributed by atoms with Gasteiger partial charge in [0, 0.05) is 39.0 Å². The van der Waals surface area contributed by atoms with E-state index in [0.29, 0.717) is 30.9 Å². The summed E-state index contributed by atoms with van der Waals surface area (Å²) in [6.07, 6.45) is 1.64. The van der Waals surface area contributed by atoms with Crippen LogP contribution in [0.2, 0.25) is 0 Å². The van der Waals surface area contributed by atoms with Crippen LogP contribution in [0.4, 0.5) is 0 Å². The summed E-state index contributed by atoms with van der Waals surface area (Å²) in [6.45, 7) is 9.16. The number of rotatable bonds is 2. The fraction of sp³-hybridized carbons (Fsp3) is 0.652. The van der Waals surface area contributed by atoms with Crippen molar-refractivity contribution in [2.24, 2.45) is 0 Å². The Hall–Kier alpha value is -2.12. The predicted molar refractivity (Wildman–Crippen MR) is 114 cm³/mol. The number of benzene rings is 1. The molecule has 0 aromatic heterocycles. The molecule has 4 rings (SSSR count). The van der Waals surface area contributed by atoms with E-state index in [2.05, 4.69) is 11.9 Å². The third-order valence-electron chi connectivity index (χ3n) is 6.62. The second-order valence-electron chi connectivity index (χ2n) is 9.19. The third kappa shape index (κ3) is 4.05. The third-order valence-corrected chi connectivity index (χ3v) is 6.62. The first-order valence-corrected chi connectivity index (χ1v) is 11.0. The standard InChI is InChI=1S/C23H33N3O4/c1-16-13-25(14-17(2)29-16)21(27)18(3)26-15-23(9-11-24(4)12-10-23)30-20-8-6-5-7-19(20)22(26)28/h5-8,16-18H,9-15H2,1-4H3. The van der Waals surface area contributed by atoms with Crippen LogP contribution in [0.25, 0.3) is 0 Å². The largest absolute Gasteiger partial charge is 0.484 e. The molecule has 30 heavy (non-hydrogen) atoms. The van der Waals surface area contributed by atoms with Gasteiger partial charge >= 0.3 is 0 Å². The van der Waals surface area contributed by atoms with E-state index in [1.165, 1.54) is 0 Å². The molecule has 3 atom stereocenters. The van der Waals surface area contributed by atoms with Gasteiger partial charge in [0.2, 0.25) is 5.91 Å². The Bertz CT molecular complexity index is 795. The average Bonchev–Trinajstić information content (AvgIpc) is 2.84. The second kappa shape index (κ2) is 8.19. The number of piperidine rings is 1. The topological polar surface area (TPSA) is 62.3 Å². The monoisotopic (exact) mass is 415 g/mol. The number of para-hydroxylation sites is 1. The van der Waals surface area contributed by atoms with Gasteiger partial charge in [0.25, 0.3) is 5.91 Å². The summed E-state index contributed by atoms with van der Waals surface area (Å²) < 4.78 is 12.3. The van der Waals surface area contributed by atoms with E-state index in [4.69, 9.17) is 9.47 Å². The molecule has 3 heterocycles. The lowest BCUT2D eigenvalue weighted by atomic mass is 9.90. The molecule has 164 valence electrons. The van der Waals surface area contributed by atoms with Crippen LogP contribution in [-0.4, -0.2) is 90.1 Å². The van der Waals surface area contributed by atoms with Gasteiger partial charge in [-0.3, -0.25) is 9.59 Å². The van der Waals surface area contributed by atoms with Crippen molar-refractivity contribution in [2.75, 3.05) is 39.8 Å². The number of likely N-dealkylation sites (tertiary alicyclic amines) is 1. The Morgan fingerprint density at radius 3 is 2.43 bits per heavy atom. The molecular formula is C23H33N3O4. The molecule has 0 aliphatic carbocycles. The molecule has 0 bridgehead atoms. The zero-order valence-corrected chi connectivity index (χ0v) is 18.5. The molecule has 7 nitrogen and oxygen atoms in total. The molecule has 1 aromatic rings. The number of ether oxygens (including phenoxy) is 2. The first-order chi connectivity index (χ1) is 14.3. The quantitative estimate of drug-likeness (QED) is 0.740. The molecule has 1 aromatic carbocycles. The van der Waals surface area contributed by atoms with Crippen LogP contribution in [0.15, 0.2) is 24.3 Å². The summed E-state index contributed by atoms with van der Waals surface area (Å²) in [5, 5.41) is 0. The lowest BCUT2D eigenvalue weighted by molar-refractivity contribution is -0.148. The van der Waals surface area contributed by atoms with Gasteiger partial charge in [0.05, 0.1) is 24.3 Å². The smallest absolute Gasteiger partial charge is 0.258 e. The predicted octanol–water partition coefficient (Wildman–Crippen LogP) is 2.01. The highest BCUT2D eigenvalue weighted by Gasteiger charge is 2.45. The van der Waals surface area contributed by atoms with E-state index >= 15 is 0 Å². The summed E-state index contributed by atoms with van der Waals surface area (Å²) in [5.41, 5.74) is 0.0752. The number of hydrogen-bond donors (Lipinski definition) is 0. The van der Waals surface area contributed by atoms with Gasteiger partial charge in [-0.25, -0.2) is 0 Å². The Morgan fingerprint density at radius 2 is 1.77 bits per heavy atom. The van der Waals surface area contributed by atoms with Crippen molar-refractivity contribution in [3.8, 4) is 5.75 Å². The number of nitrogens with zero attached hydrogens (tertiary/aromatic N) is 3. The maximum atomic E-state index is 13.5. The number of carbonyl (C=O) groups excluding carboxylic acids is 2. The second-order valence-corrected chi connectivity index (χ2v) is 9.19. The Kier molecular flexibility index (Phi) is 5.77.